The van der Waals surface area contributed by atoms with Gasteiger partial charge in [-0.1, -0.05) is 31.6 Å². The summed E-state index contributed by atoms with van der Waals surface area (Å²) in [5, 5.41) is 28.5. The third-order valence-electron chi connectivity index (χ3n) is 5.14. The maximum absolute atomic E-state index is 14.4. The number of rotatable bonds is 8. The number of halogens is 2. The van der Waals surface area contributed by atoms with Gasteiger partial charge < -0.3 is 20.1 Å². The highest BCUT2D eigenvalue weighted by molar-refractivity contribution is 5.66. The van der Waals surface area contributed by atoms with Crippen molar-refractivity contribution >= 4 is 5.97 Å². The minimum Gasteiger partial charge on any atom is -0.488 e. The Labute approximate surface area is 158 Å². The van der Waals surface area contributed by atoms with Crippen LogP contribution in [0.5, 0.6) is 0 Å². The quantitative estimate of drug-likeness (QED) is 0.441. The summed E-state index contributed by atoms with van der Waals surface area (Å²) < 4.78 is 34.1. The van der Waals surface area contributed by atoms with E-state index >= 15 is 0 Å². The Bertz CT molecular complexity index is 607. The van der Waals surface area contributed by atoms with Crippen molar-refractivity contribution in [3.63, 3.8) is 0 Å². The zero-order chi connectivity index (χ0) is 20.0. The summed E-state index contributed by atoms with van der Waals surface area (Å²) in [4.78, 5) is 10.5. The van der Waals surface area contributed by atoms with E-state index in [1.54, 1.807) is 6.08 Å². The molecule has 5 nitrogen and oxygen atoms in total. The molecule has 3 N–H and O–H groups in total. The fourth-order valence-corrected chi connectivity index (χ4v) is 3.65. The second kappa shape index (κ2) is 9.52. The smallest absolute Gasteiger partial charge is 0.310 e. The molecule has 0 aromatic rings. The lowest BCUT2D eigenvalue weighted by Crippen LogP contribution is -2.39. The van der Waals surface area contributed by atoms with Gasteiger partial charge in [0.25, 0.3) is 0 Å². The van der Waals surface area contributed by atoms with Gasteiger partial charge in [-0.05, 0) is 31.8 Å². The number of alkyl halides is 2. The molecule has 0 spiro atoms. The van der Waals surface area contributed by atoms with Gasteiger partial charge in [-0.25, -0.2) is 0 Å². The SMILES string of the molecule is CCCCC[C@H](O)C#C[C@@H]1[C@H]2C/C(=C/CCCC(=O)O)O[C@@H]2C(F)(F)[C@H]1O. The predicted octanol–water partition coefficient (Wildman–Crippen LogP) is 3.10. The zero-order valence-corrected chi connectivity index (χ0v) is 15.5. The lowest BCUT2D eigenvalue weighted by molar-refractivity contribution is -0.149. The van der Waals surface area contributed by atoms with Crippen molar-refractivity contribution in [1.29, 1.82) is 0 Å². The Morgan fingerprint density at radius 1 is 1.41 bits per heavy atom. The van der Waals surface area contributed by atoms with Gasteiger partial charge in [0.15, 0.2) is 6.10 Å². The van der Waals surface area contributed by atoms with Crippen molar-refractivity contribution in [3.05, 3.63) is 11.8 Å². The van der Waals surface area contributed by atoms with Crippen LogP contribution < -0.4 is 0 Å². The van der Waals surface area contributed by atoms with E-state index < -0.39 is 42.0 Å². The number of fused-ring (bicyclic) bond motifs is 1. The Balaban J connectivity index is 2.01. The van der Waals surface area contributed by atoms with Crippen LogP contribution in [-0.4, -0.2) is 45.5 Å². The number of hydrogen-bond donors (Lipinski definition) is 3. The van der Waals surface area contributed by atoms with Crippen LogP contribution in [0.2, 0.25) is 0 Å². The number of ether oxygens (including phenoxy) is 1. The van der Waals surface area contributed by atoms with E-state index in [1.165, 1.54) is 0 Å². The molecule has 27 heavy (non-hydrogen) atoms. The van der Waals surface area contributed by atoms with Gasteiger partial charge in [0.1, 0.15) is 12.2 Å². The maximum atomic E-state index is 14.4. The Kier molecular flexibility index (Phi) is 7.63. The minimum atomic E-state index is -3.41. The third kappa shape index (κ3) is 5.43. The first-order chi connectivity index (χ1) is 12.8. The average molecular weight is 386 g/mol. The largest absolute Gasteiger partial charge is 0.488 e. The van der Waals surface area contributed by atoms with Gasteiger partial charge in [-0.3, -0.25) is 4.79 Å². The van der Waals surface area contributed by atoms with Crippen LogP contribution in [0.1, 0.15) is 58.3 Å². The van der Waals surface area contributed by atoms with Gasteiger partial charge in [0.2, 0.25) is 0 Å². The molecular formula is C20H28F2O5. The number of aliphatic carboxylic acids is 1. The highest BCUT2D eigenvalue weighted by Crippen LogP contribution is 2.52. The minimum absolute atomic E-state index is 0.00946. The van der Waals surface area contributed by atoms with E-state index in [1.807, 2.05) is 6.92 Å². The Morgan fingerprint density at radius 2 is 2.15 bits per heavy atom. The van der Waals surface area contributed by atoms with Crippen molar-refractivity contribution in [2.45, 2.75) is 82.5 Å². The number of aliphatic hydroxyl groups is 2. The molecule has 0 amide bonds. The molecule has 0 unspecified atom stereocenters. The molecule has 1 aliphatic heterocycles. The molecule has 1 saturated carbocycles. The Morgan fingerprint density at radius 3 is 2.81 bits per heavy atom. The fraction of sp³-hybridized carbons (Fsp3) is 0.750. The normalized spacial score (nSPS) is 31.1. The summed E-state index contributed by atoms with van der Waals surface area (Å²) >= 11 is 0. The van der Waals surface area contributed by atoms with E-state index in [4.69, 9.17) is 9.84 Å². The molecule has 2 fully saturated rings. The number of carbonyl (C=O) groups is 1. The molecule has 0 radical (unpaired) electrons. The van der Waals surface area contributed by atoms with Crippen LogP contribution in [-0.2, 0) is 9.53 Å². The molecule has 1 heterocycles. The standard InChI is InChI=1S/C20H28F2O5/c1-2-3-4-7-13(23)10-11-15-16-12-14(8-5-6-9-17(24)25)27-19(16)20(21,22)18(15)26/h8,13,15-16,18-19,23,26H,2-7,9,12H2,1H3,(H,24,25)/b14-8-/t13-,15+,16+,18-,19-/m0/s1. The van der Waals surface area contributed by atoms with Crippen LogP contribution in [0.3, 0.4) is 0 Å². The van der Waals surface area contributed by atoms with Gasteiger partial charge >= 0.3 is 11.9 Å². The van der Waals surface area contributed by atoms with E-state index in [0.717, 1.165) is 19.3 Å². The first-order valence-corrected chi connectivity index (χ1v) is 9.59. The highest BCUT2D eigenvalue weighted by Gasteiger charge is 2.66. The molecule has 2 rings (SSSR count). The molecule has 2 aliphatic rings. The summed E-state index contributed by atoms with van der Waals surface area (Å²) in [6.45, 7) is 2.04. The van der Waals surface area contributed by atoms with Crippen LogP contribution >= 0.6 is 0 Å². The fourth-order valence-electron chi connectivity index (χ4n) is 3.65. The van der Waals surface area contributed by atoms with Crippen LogP contribution in [0.15, 0.2) is 11.8 Å². The first kappa shape index (κ1) is 21.6. The predicted molar refractivity (Wildman–Crippen MR) is 94.9 cm³/mol. The number of aliphatic hydroxyl groups excluding tert-OH is 2. The van der Waals surface area contributed by atoms with Gasteiger partial charge in [-0.2, -0.15) is 8.78 Å². The van der Waals surface area contributed by atoms with Gasteiger partial charge in [0, 0.05) is 18.8 Å². The zero-order valence-electron chi connectivity index (χ0n) is 15.5. The average Bonchev–Trinajstić information content (AvgIpc) is 3.09. The van der Waals surface area contributed by atoms with Crippen molar-refractivity contribution in [2.75, 3.05) is 0 Å². The van der Waals surface area contributed by atoms with E-state index in [-0.39, 0.29) is 12.8 Å². The van der Waals surface area contributed by atoms with Crippen molar-refractivity contribution in [2.24, 2.45) is 11.8 Å². The molecule has 0 aromatic heterocycles. The summed E-state index contributed by atoms with van der Waals surface area (Å²) in [6, 6.07) is 0. The second-order valence-corrected chi connectivity index (χ2v) is 7.31. The molecule has 152 valence electrons. The lowest BCUT2D eigenvalue weighted by atomic mass is 9.91. The van der Waals surface area contributed by atoms with Crippen molar-refractivity contribution in [3.8, 4) is 11.8 Å². The number of carboxylic acids is 1. The van der Waals surface area contributed by atoms with Crippen LogP contribution in [0, 0.1) is 23.7 Å². The molecule has 0 bridgehead atoms. The topological polar surface area (TPSA) is 87.0 Å². The summed E-state index contributed by atoms with van der Waals surface area (Å²) in [5.41, 5.74) is 0. The lowest BCUT2D eigenvalue weighted by Gasteiger charge is -2.21. The number of carboxylic acid groups (broad SMARTS) is 1. The van der Waals surface area contributed by atoms with Crippen molar-refractivity contribution in [1.82, 2.24) is 0 Å². The highest BCUT2D eigenvalue weighted by atomic mass is 19.3. The molecule has 1 aliphatic carbocycles. The van der Waals surface area contributed by atoms with Crippen LogP contribution in [0.25, 0.3) is 0 Å². The van der Waals surface area contributed by atoms with E-state index in [2.05, 4.69) is 11.8 Å². The van der Waals surface area contributed by atoms with Crippen molar-refractivity contribution < 1.29 is 33.6 Å². The molecule has 5 atom stereocenters. The van der Waals surface area contributed by atoms with E-state index in [0.29, 0.717) is 25.0 Å². The molecule has 7 heteroatoms. The molecule has 0 aromatic carbocycles. The monoisotopic (exact) mass is 386 g/mol. The molecular weight excluding hydrogens is 358 g/mol. The van der Waals surface area contributed by atoms with Crippen LogP contribution in [0.4, 0.5) is 8.78 Å². The summed E-state index contributed by atoms with van der Waals surface area (Å²) in [7, 11) is 0. The van der Waals surface area contributed by atoms with Gasteiger partial charge in [-0.15, -0.1) is 0 Å². The molecule has 1 saturated heterocycles. The number of hydrogen-bond acceptors (Lipinski definition) is 4. The third-order valence-corrected chi connectivity index (χ3v) is 5.14. The first-order valence-electron chi connectivity index (χ1n) is 9.59. The summed E-state index contributed by atoms with van der Waals surface area (Å²) in [6.07, 6.45) is 1.77. The van der Waals surface area contributed by atoms with Gasteiger partial charge in [0.05, 0.1) is 11.7 Å². The summed E-state index contributed by atoms with van der Waals surface area (Å²) in [5.74, 6) is -0.227. The Hall–Kier alpha value is -1.65. The number of unbranched alkanes of at least 4 members (excludes halogenated alkanes) is 3. The second-order valence-electron chi connectivity index (χ2n) is 7.31. The number of allylic oxidation sites excluding steroid dienone is 2. The maximum Gasteiger partial charge on any atom is 0.310 e. The van der Waals surface area contributed by atoms with E-state index in [9.17, 15) is 23.8 Å².